The van der Waals surface area contributed by atoms with Crippen LogP contribution >= 0.6 is 11.3 Å². The largest absolute Gasteiger partial charge is 0.478 e. The summed E-state index contributed by atoms with van der Waals surface area (Å²) < 4.78 is 67.3. The first kappa shape index (κ1) is 20.7. The number of rotatable bonds is 9. The van der Waals surface area contributed by atoms with E-state index in [1.54, 1.807) is 11.7 Å². The standard InChI is InChI=1S/C15H15F2N5O5S2/c1-25-13-12(27-6-11(16)17)14(26-2)21-15(20-13)22-29(23,24)8-3-9(19-4-8)10-5-18-7-28-10/h3-5,7,11,19H,6H2,1-2H3,(H,20,21,22). The van der Waals surface area contributed by atoms with Crippen molar-refractivity contribution in [2.75, 3.05) is 25.5 Å². The second-order valence-electron chi connectivity index (χ2n) is 5.32. The van der Waals surface area contributed by atoms with E-state index in [4.69, 9.17) is 14.2 Å². The number of methoxy groups -OCH3 is 2. The Balaban J connectivity index is 1.88. The van der Waals surface area contributed by atoms with E-state index in [9.17, 15) is 17.2 Å². The van der Waals surface area contributed by atoms with Crippen molar-refractivity contribution in [3.63, 3.8) is 0 Å². The van der Waals surface area contributed by atoms with E-state index >= 15 is 0 Å². The van der Waals surface area contributed by atoms with Gasteiger partial charge in [0.05, 0.1) is 30.3 Å². The van der Waals surface area contributed by atoms with Crippen LogP contribution in [0, 0.1) is 0 Å². The van der Waals surface area contributed by atoms with Crippen molar-refractivity contribution in [2.45, 2.75) is 11.3 Å². The van der Waals surface area contributed by atoms with Crippen LogP contribution in [0.3, 0.4) is 0 Å². The van der Waals surface area contributed by atoms with Gasteiger partial charge in [0.1, 0.15) is 11.5 Å². The first-order chi connectivity index (χ1) is 13.8. The van der Waals surface area contributed by atoms with Gasteiger partial charge in [0.2, 0.25) is 11.7 Å². The monoisotopic (exact) mass is 447 g/mol. The van der Waals surface area contributed by atoms with E-state index in [1.165, 1.54) is 37.8 Å². The molecule has 0 aliphatic heterocycles. The molecule has 0 fully saturated rings. The minimum absolute atomic E-state index is 0.0690. The average Bonchev–Trinajstić information content (AvgIpc) is 3.37. The first-order valence-corrected chi connectivity index (χ1v) is 10.2. The number of aromatic nitrogens is 4. The molecule has 156 valence electrons. The maximum atomic E-state index is 12.6. The third kappa shape index (κ3) is 4.71. The Labute approximate surface area is 167 Å². The second-order valence-corrected chi connectivity index (χ2v) is 7.89. The smallest absolute Gasteiger partial charge is 0.272 e. The molecule has 3 aromatic rings. The van der Waals surface area contributed by atoms with Crippen LogP contribution in [0.4, 0.5) is 14.7 Å². The highest BCUT2D eigenvalue weighted by molar-refractivity contribution is 7.92. The summed E-state index contributed by atoms with van der Waals surface area (Å²) >= 11 is 1.34. The Morgan fingerprint density at radius 2 is 1.93 bits per heavy atom. The second kappa shape index (κ2) is 8.57. The number of hydrogen-bond donors (Lipinski definition) is 2. The molecule has 2 N–H and O–H groups in total. The number of alkyl halides is 2. The van der Waals surface area contributed by atoms with E-state index in [-0.39, 0.29) is 28.4 Å². The topological polar surface area (TPSA) is 128 Å². The fourth-order valence-electron chi connectivity index (χ4n) is 2.20. The molecule has 3 rings (SSSR count). The summed E-state index contributed by atoms with van der Waals surface area (Å²) in [5.74, 6) is -1.19. The predicted octanol–water partition coefficient (Wildman–Crippen LogP) is 2.39. The van der Waals surface area contributed by atoms with Crippen molar-refractivity contribution in [3.8, 4) is 28.1 Å². The molecule has 0 saturated carbocycles. The molecular formula is C15H15F2N5O5S2. The van der Waals surface area contributed by atoms with Gasteiger partial charge in [0, 0.05) is 12.4 Å². The average molecular weight is 447 g/mol. The number of thiazole rings is 1. The molecule has 10 nitrogen and oxygen atoms in total. The summed E-state index contributed by atoms with van der Waals surface area (Å²) in [6.45, 7) is -0.940. The van der Waals surface area contributed by atoms with E-state index < -0.39 is 23.1 Å². The predicted molar refractivity (Wildman–Crippen MR) is 99.3 cm³/mol. The third-order valence-electron chi connectivity index (χ3n) is 3.43. The van der Waals surface area contributed by atoms with Crippen LogP contribution in [0.1, 0.15) is 0 Å². The summed E-state index contributed by atoms with van der Waals surface area (Å²) in [6, 6.07) is 1.42. The quantitative estimate of drug-likeness (QED) is 0.512. The van der Waals surface area contributed by atoms with Gasteiger partial charge in [0.25, 0.3) is 28.2 Å². The molecular weight excluding hydrogens is 432 g/mol. The molecule has 14 heteroatoms. The van der Waals surface area contributed by atoms with E-state index in [1.807, 2.05) is 0 Å². The number of sulfonamides is 1. The summed E-state index contributed by atoms with van der Waals surface area (Å²) in [7, 11) is -1.64. The summed E-state index contributed by atoms with van der Waals surface area (Å²) in [5, 5.41) is 0. The number of halogens is 2. The highest BCUT2D eigenvalue weighted by atomic mass is 32.2. The van der Waals surface area contributed by atoms with Crippen molar-refractivity contribution in [2.24, 2.45) is 0 Å². The van der Waals surface area contributed by atoms with Crippen molar-refractivity contribution >= 4 is 27.3 Å². The fraction of sp³-hybridized carbons (Fsp3) is 0.267. The molecule has 0 saturated heterocycles. The van der Waals surface area contributed by atoms with Crippen LogP contribution in [0.5, 0.6) is 17.5 Å². The molecule has 0 aliphatic rings. The molecule has 0 unspecified atom stereocenters. The minimum atomic E-state index is -4.07. The van der Waals surface area contributed by atoms with E-state index in [0.29, 0.717) is 5.69 Å². The summed E-state index contributed by atoms with van der Waals surface area (Å²) in [4.78, 5) is 15.2. The first-order valence-electron chi connectivity index (χ1n) is 7.85. The Bertz CT molecular complexity index is 1050. The van der Waals surface area contributed by atoms with Gasteiger partial charge in [-0.1, -0.05) is 0 Å². The van der Waals surface area contributed by atoms with Crippen LogP contribution in [0.25, 0.3) is 10.6 Å². The summed E-state index contributed by atoms with van der Waals surface area (Å²) in [5.41, 5.74) is 2.19. The van der Waals surface area contributed by atoms with E-state index in [0.717, 1.165) is 4.88 Å². The number of aromatic amines is 1. The SMILES string of the molecule is COc1nc(NS(=O)(=O)c2c[nH]c(-c3cncs3)c2)nc(OC)c1OCC(F)F. The molecule has 3 heterocycles. The number of nitrogens with zero attached hydrogens (tertiary/aromatic N) is 3. The van der Waals surface area contributed by atoms with Gasteiger partial charge in [0.15, 0.2) is 0 Å². The molecule has 0 bridgehead atoms. The number of anilines is 1. The van der Waals surface area contributed by atoms with Gasteiger partial charge in [-0.2, -0.15) is 9.97 Å². The molecule has 0 atom stereocenters. The Kier molecular flexibility index (Phi) is 6.12. The molecule has 0 amide bonds. The number of hydrogen-bond acceptors (Lipinski definition) is 9. The lowest BCUT2D eigenvalue weighted by molar-refractivity contribution is 0.0781. The lowest BCUT2D eigenvalue weighted by Crippen LogP contribution is -2.16. The van der Waals surface area contributed by atoms with Gasteiger partial charge >= 0.3 is 0 Å². The van der Waals surface area contributed by atoms with Crippen molar-refractivity contribution in [1.29, 1.82) is 0 Å². The molecule has 0 radical (unpaired) electrons. The highest BCUT2D eigenvalue weighted by Gasteiger charge is 2.23. The zero-order chi connectivity index (χ0) is 21.0. The van der Waals surface area contributed by atoms with Crippen LogP contribution in [-0.4, -0.2) is 55.6 Å². The Hall–Kier alpha value is -3.00. The molecule has 29 heavy (non-hydrogen) atoms. The van der Waals surface area contributed by atoms with Crippen molar-refractivity contribution in [1.82, 2.24) is 19.9 Å². The van der Waals surface area contributed by atoms with Gasteiger partial charge in [-0.25, -0.2) is 21.9 Å². The van der Waals surface area contributed by atoms with Crippen LogP contribution < -0.4 is 18.9 Å². The lowest BCUT2D eigenvalue weighted by Gasteiger charge is -2.14. The zero-order valence-electron chi connectivity index (χ0n) is 15.0. The Morgan fingerprint density at radius 3 is 2.48 bits per heavy atom. The third-order valence-corrected chi connectivity index (χ3v) is 5.55. The zero-order valence-corrected chi connectivity index (χ0v) is 16.7. The lowest BCUT2D eigenvalue weighted by atomic mass is 10.4. The van der Waals surface area contributed by atoms with Crippen molar-refractivity contribution in [3.05, 3.63) is 24.0 Å². The van der Waals surface area contributed by atoms with Crippen LogP contribution in [-0.2, 0) is 10.0 Å². The maximum Gasteiger partial charge on any atom is 0.272 e. The molecule has 3 aromatic heterocycles. The molecule has 0 spiro atoms. The number of ether oxygens (including phenoxy) is 3. The fourth-order valence-corrected chi connectivity index (χ4v) is 3.74. The minimum Gasteiger partial charge on any atom is -0.478 e. The Morgan fingerprint density at radius 1 is 1.24 bits per heavy atom. The maximum absolute atomic E-state index is 12.6. The normalized spacial score (nSPS) is 11.5. The molecule has 0 aromatic carbocycles. The molecule has 0 aliphatic carbocycles. The van der Waals surface area contributed by atoms with Gasteiger partial charge in [-0.05, 0) is 6.07 Å². The number of H-pyrrole nitrogens is 1. The van der Waals surface area contributed by atoms with Crippen molar-refractivity contribution < 1.29 is 31.4 Å². The van der Waals surface area contributed by atoms with Crippen LogP contribution in [0.2, 0.25) is 0 Å². The van der Waals surface area contributed by atoms with Gasteiger partial charge in [-0.15, -0.1) is 11.3 Å². The van der Waals surface area contributed by atoms with Gasteiger partial charge in [-0.3, -0.25) is 4.98 Å². The van der Waals surface area contributed by atoms with Gasteiger partial charge < -0.3 is 19.2 Å². The van der Waals surface area contributed by atoms with Crippen LogP contribution in [0.15, 0.2) is 28.9 Å². The highest BCUT2D eigenvalue weighted by Crippen LogP contribution is 2.36. The van der Waals surface area contributed by atoms with E-state index in [2.05, 4.69) is 24.7 Å². The number of nitrogens with one attached hydrogen (secondary N) is 2. The summed E-state index contributed by atoms with van der Waals surface area (Å²) in [6.07, 6.45) is 0.146.